The number of ether oxygens (including phenoxy) is 1. The Morgan fingerprint density at radius 2 is 2.14 bits per heavy atom. The summed E-state index contributed by atoms with van der Waals surface area (Å²) in [5.74, 6) is -0.753. The maximum Gasteiger partial charge on any atom is 0.328 e. The fourth-order valence-corrected chi connectivity index (χ4v) is 1.05. The van der Waals surface area contributed by atoms with Gasteiger partial charge in [0.25, 0.3) is 0 Å². The van der Waals surface area contributed by atoms with Gasteiger partial charge in [-0.2, -0.15) is 0 Å². The van der Waals surface area contributed by atoms with Crippen LogP contribution in [-0.4, -0.2) is 31.6 Å². The Labute approximate surface area is 84.0 Å². The van der Waals surface area contributed by atoms with Gasteiger partial charge >= 0.3 is 5.97 Å². The van der Waals surface area contributed by atoms with Crippen molar-refractivity contribution in [2.24, 2.45) is 5.73 Å². The predicted molar refractivity (Wildman–Crippen MR) is 52.5 cm³/mol. The minimum absolute atomic E-state index is 0.111. The zero-order valence-electron chi connectivity index (χ0n) is 8.71. The molecule has 0 bridgehead atoms. The van der Waals surface area contributed by atoms with Gasteiger partial charge in [0.05, 0.1) is 13.7 Å². The summed E-state index contributed by atoms with van der Waals surface area (Å²) in [6.07, 6.45) is 2.42. The molecule has 5 nitrogen and oxygen atoms in total. The molecule has 0 fully saturated rings. The largest absolute Gasteiger partial charge is 0.467 e. The quantitative estimate of drug-likeness (QED) is 0.584. The van der Waals surface area contributed by atoms with Crippen LogP contribution in [0.3, 0.4) is 0 Å². The van der Waals surface area contributed by atoms with Crippen molar-refractivity contribution >= 4 is 11.9 Å². The van der Waals surface area contributed by atoms with Gasteiger partial charge in [-0.25, -0.2) is 4.79 Å². The first-order valence-corrected chi connectivity index (χ1v) is 4.73. The van der Waals surface area contributed by atoms with Gasteiger partial charge in [-0.15, -0.1) is 0 Å². The Balaban J connectivity index is 4.09. The summed E-state index contributed by atoms with van der Waals surface area (Å²) in [4.78, 5) is 22.2. The summed E-state index contributed by atoms with van der Waals surface area (Å²) >= 11 is 0. The molecule has 82 valence electrons. The van der Waals surface area contributed by atoms with Crippen LogP contribution in [0.2, 0.25) is 0 Å². The number of carbonyl (C=O) groups is 2. The summed E-state index contributed by atoms with van der Waals surface area (Å²) < 4.78 is 4.56. The Kier molecular flexibility index (Phi) is 6.74. The summed E-state index contributed by atoms with van der Waals surface area (Å²) in [6.45, 7) is 1.90. The molecule has 0 aliphatic rings. The van der Waals surface area contributed by atoms with Crippen LogP contribution >= 0.6 is 0 Å². The molecule has 1 amide bonds. The molecule has 1 atom stereocenters. The van der Waals surface area contributed by atoms with Gasteiger partial charge in [-0.3, -0.25) is 4.79 Å². The van der Waals surface area contributed by atoms with Crippen LogP contribution in [0, 0.1) is 0 Å². The first-order chi connectivity index (χ1) is 6.65. The Hall–Kier alpha value is -1.10. The van der Waals surface area contributed by atoms with Crippen LogP contribution in [0.4, 0.5) is 0 Å². The second kappa shape index (κ2) is 7.32. The van der Waals surface area contributed by atoms with E-state index in [-0.39, 0.29) is 12.5 Å². The van der Waals surface area contributed by atoms with Crippen LogP contribution < -0.4 is 11.1 Å². The lowest BCUT2D eigenvalue weighted by molar-refractivity contribution is -0.145. The number of hydrogen-bond donors (Lipinski definition) is 2. The fourth-order valence-electron chi connectivity index (χ4n) is 1.05. The van der Waals surface area contributed by atoms with E-state index in [9.17, 15) is 9.59 Å². The number of esters is 1. The predicted octanol–water partition coefficient (Wildman–Crippen LogP) is -0.207. The third-order valence-electron chi connectivity index (χ3n) is 1.85. The van der Waals surface area contributed by atoms with Crippen LogP contribution in [-0.2, 0) is 14.3 Å². The van der Waals surface area contributed by atoms with Gasteiger partial charge in [0, 0.05) is 0 Å². The average molecular weight is 202 g/mol. The number of rotatable bonds is 6. The van der Waals surface area contributed by atoms with E-state index < -0.39 is 12.0 Å². The molecule has 0 aliphatic carbocycles. The summed E-state index contributed by atoms with van der Waals surface area (Å²) in [6, 6.07) is -0.559. The molecular formula is C9H18N2O3. The van der Waals surface area contributed by atoms with Crippen LogP contribution in [0.1, 0.15) is 26.2 Å². The van der Waals surface area contributed by atoms with Crippen molar-refractivity contribution < 1.29 is 14.3 Å². The van der Waals surface area contributed by atoms with Crippen molar-refractivity contribution in [3.05, 3.63) is 0 Å². The Bertz CT molecular complexity index is 194. The minimum atomic E-state index is -0.559. The first kappa shape index (κ1) is 12.9. The van der Waals surface area contributed by atoms with E-state index in [1.54, 1.807) is 0 Å². The normalized spacial score (nSPS) is 11.9. The molecule has 14 heavy (non-hydrogen) atoms. The van der Waals surface area contributed by atoms with Crippen molar-refractivity contribution in [2.45, 2.75) is 32.2 Å². The van der Waals surface area contributed by atoms with Crippen molar-refractivity contribution in [3.8, 4) is 0 Å². The molecule has 0 radical (unpaired) electrons. The number of carbonyl (C=O) groups excluding carboxylic acids is 2. The lowest BCUT2D eigenvalue weighted by Crippen LogP contribution is -2.44. The van der Waals surface area contributed by atoms with Crippen LogP contribution in [0.25, 0.3) is 0 Å². The van der Waals surface area contributed by atoms with Crippen molar-refractivity contribution in [1.29, 1.82) is 0 Å². The molecule has 0 rings (SSSR count). The standard InChI is InChI=1S/C9H18N2O3/c1-3-4-5-7(9(13)14-2)11-8(12)6-10/h7H,3-6,10H2,1-2H3,(H,11,12). The zero-order valence-corrected chi connectivity index (χ0v) is 8.71. The smallest absolute Gasteiger partial charge is 0.328 e. The number of hydrogen-bond acceptors (Lipinski definition) is 4. The highest BCUT2D eigenvalue weighted by molar-refractivity contribution is 5.85. The molecule has 1 unspecified atom stereocenters. The van der Waals surface area contributed by atoms with Gasteiger partial charge < -0.3 is 15.8 Å². The van der Waals surface area contributed by atoms with E-state index in [4.69, 9.17) is 5.73 Å². The van der Waals surface area contributed by atoms with Crippen molar-refractivity contribution in [3.63, 3.8) is 0 Å². The average Bonchev–Trinajstić information content (AvgIpc) is 2.22. The number of unbranched alkanes of at least 4 members (excludes halogenated alkanes) is 1. The Morgan fingerprint density at radius 1 is 1.50 bits per heavy atom. The summed E-state index contributed by atoms with van der Waals surface area (Å²) in [5.41, 5.74) is 5.13. The number of methoxy groups -OCH3 is 1. The molecule has 0 heterocycles. The SMILES string of the molecule is CCCCC(NC(=O)CN)C(=O)OC. The molecule has 0 saturated heterocycles. The van der Waals surface area contributed by atoms with Gasteiger partial charge in [0.15, 0.2) is 0 Å². The summed E-state index contributed by atoms with van der Waals surface area (Å²) in [7, 11) is 1.30. The van der Waals surface area contributed by atoms with E-state index in [1.165, 1.54) is 7.11 Å². The highest BCUT2D eigenvalue weighted by Crippen LogP contribution is 2.02. The van der Waals surface area contributed by atoms with Gasteiger partial charge in [-0.1, -0.05) is 19.8 Å². The highest BCUT2D eigenvalue weighted by Gasteiger charge is 2.19. The van der Waals surface area contributed by atoms with Crippen molar-refractivity contribution in [2.75, 3.05) is 13.7 Å². The van der Waals surface area contributed by atoms with E-state index in [0.717, 1.165) is 12.8 Å². The lowest BCUT2D eigenvalue weighted by Gasteiger charge is -2.15. The Morgan fingerprint density at radius 3 is 2.57 bits per heavy atom. The topological polar surface area (TPSA) is 81.4 Å². The third kappa shape index (κ3) is 4.81. The molecule has 0 aromatic heterocycles. The molecule has 0 spiro atoms. The van der Waals surface area contributed by atoms with Crippen molar-refractivity contribution in [1.82, 2.24) is 5.32 Å². The summed E-state index contributed by atoms with van der Waals surface area (Å²) in [5, 5.41) is 2.51. The molecule has 0 aromatic carbocycles. The molecule has 0 saturated carbocycles. The van der Waals surface area contributed by atoms with Gasteiger partial charge in [-0.05, 0) is 6.42 Å². The maximum absolute atomic E-state index is 11.2. The van der Waals surface area contributed by atoms with Gasteiger partial charge in [0.2, 0.25) is 5.91 Å². The lowest BCUT2D eigenvalue weighted by atomic mass is 10.1. The number of nitrogens with two attached hydrogens (primary N) is 1. The fraction of sp³-hybridized carbons (Fsp3) is 0.778. The van der Waals surface area contributed by atoms with E-state index >= 15 is 0 Å². The highest BCUT2D eigenvalue weighted by atomic mass is 16.5. The molecule has 5 heteroatoms. The van der Waals surface area contributed by atoms with E-state index in [1.807, 2.05) is 6.92 Å². The number of amides is 1. The van der Waals surface area contributed by atoms with E-state index in [0.29, 0.717) is 6.42 Å². The monoisotopic (exact) mass is 202 g/mol. The molecule has 0 aromatic rings. The van der Waals surface area contributed by atoms with E-state index in [2.05, 4.69) is 10.1 Å². The maximum atomic E-state index is 11.2. The van der Waals surface area contributed by atoms with Crippen LogP contribution in [0.15, 0.2) is 0 Å². The molecule has 3 N–H and O–H groups in total. The van der Waals surface area contributed by atoms with Gasteiger partial charge in [0.1, 0.15) is 6.04 Å². The minimum Gasteiger partial charge on any atom is -0.467 e. The van der Waals surface area contributed by atoms with Crippen LogP contribution in [0.5, 0.6) is 0 Å². The second-order valence-electron chi connectivity index (χ2n) is 2.99. The second-order valence-corrected chi connectivity index (χ2v) is 2.99. The zero-order chi connectivity index (χ0) is 11.0. The number of nitrogens with one attached hydrogen (secondary N) is 1. The molecular weight excluding hydrogens is 184 g/mol. The first-order valence-electron chi connectivity index (χ1n) is 4.73. The molecule has 0 aliphatic heterocycles. The third-order valence-corrected chi connectivity index (χ3v) is 1.85.